The first-order chi connectivity index (χ1) is 8.27. The lowest BCUT2D eigenvalue weighted by molar-refractivity contribution is -0.163. The maximum atomic E-state index is 12.3. The maximum absolute atomic E-state index is 12.3. The molecule has 1 rings (SSSR count). The van der Waals surface area contributed by atoms with Crippen molar-refractivity contribution < 1.29 is 22.8 Å². The molecule has 0 radical (unpaired) electrons. The normalized spacial score (nSPS) is 19.9. The molecule has 0 saturated carbocycles. The van der Waals surface area contributed by atoms with Crippen molar-refractivity contribution in [2.45, 2.75) is 44.8 Å². The van der Waals surface area contributed by atoms with Gasteiger partial charge in [0, 0.05) is 6.54 Å². The van der Waals surface area contributed by atoms with Gasteiger partial charge in [0.25, 0.3) is 0 Å². The number of carbonyl (C=O) groups excluding carboxylic acids is 2. The van der Waals surface area contributed by atoms with Gasteiger partial charge in [-0.1, -0.05) is 13.8 Å². The molecule has 104 valence electrons. The summed E-state index contributed by atoms with van der Waals surface area (Å²) < 4.78 is 36.8. The molecule has 1 heterocycles. The van der Waals surface area contributed by atoms with Crippen LogP contribution in [-0.2, 0) is 9.59 Å². The minimum atomic E-state index is -4.33. The fourth-order valence-electron chi connectivity index (χ4n) is 2.31. The SMILES string of the molecule is CCC1(CC)C(=O)NCC(=O)N1CCC(F)(F)F. The molecule has 1 saturated heterocycles. The van der Waals surface area contributed by atoms with E-state index in [1.807, 2.05) is 0 Å². The zero-order chi connectivity index (χ0) is 14.0. The van der Waals surface area contributed by atoms with Crippen molar-refractivity contribution in [3.8, 4) is 0 Å². The van der Waals surface area contributed by atoms with Gasteiger partial charge in [-0.05, 0) is 12.8 Å². The molecule has 1 aliphatic heterocycles. The molecule has 7 heteroatoms. The van der Waals surface area contributed by atoms with Gasteiger partial charge in [0.2, 0.25) is 11.8 Å². The average molecular weight is 266 g/mol. The second kappa shape index (κ2) is 5.16. The highest BCUT2D eigenvalue weighted by molar-refractivity contribution is 5.97. The highest BCUT2D eigenvalue weighted by atomic mass is 19.4. The number of amides is 2. The number of carbonyl (C=O) groups is 2. The van der Waals surface area contributed by atoms with E-state index in [9.17, 15) is 22.8 Å². The number of nitrogens with zero attached hydrogens (tertiary/aromatic N) is 1. The minimum absolute atomic E-state index is 0.224. The summed E-state index contributed by atoms with van der Waals surface area (Å²) >= 11 is 0. The molecule has 0 aromatic heterocycles. The van der Waals surface area contributed by atoms with E-state index < -0.39 is 30.6 Å². The summed E-state index contributed by atoms with van der Waals surface area (Å²) in [6.45, 7) is 2.71. The van der Waals surface area contributed by atoms with Gasteiger partial charge < -0.3 is 10.2 Å². The fraction of sp³-hybridized carbons (Fsp3) is 0.818. The zero-order valence-corrected chi connectivity index (χ0v) is 10.4. The van der Waals surface area contributed by atoms with Crippen LogP contribution in [0.15, 0.2) is 0 Å². The number of hydrogen-bond acceptors (Lipinski definition) is 2. The Morgan fingerprint density at radius 3 is 2.28 bits per heavy atom. The van der Waals surface area contributed by atoms with Crippen LogP contribution in [-0.4, -0.2) is 41.5 Å². The molecular formula is C11H17F3N2O2. The first kappa shape index (κ1) is 14.8. The van der Waals surface area contributed by atoms with Crippen LogP contribution < -0.4 is 5.32 Å². The molecule has 0 unspecified atom stereocenters. The van der Waals surface area contributed by atoms with Crippen LogP contribution in [0.2, 0.25) is 0 Å². The molecule has 0 aromatic rings. The zero-order valence-electron chi connectivity index (χ0n) is 10.4. The summed E-state index contributed by atoms with van der Waals surface area (Å²) in [6, 6.07) is 0. The predicted molar refractivity (Wildman–Crippen MR) is 58.7 cm³/mol. The lowest BCUT2D eigenvalue weighted by Crippen LogP contribution is -2.67. The highest BCUT2D eigenvalue weighted by Gasteiger charge is 2.47. The number of alkyl halides is 3. The van der Waals surface area contributed by atoms with Gasteiger partial charge >= 0.3 is 6.18 Å². The van der Waals surface area contributed by atoms with E-state index in [2.05, 4.69) is 5.32 Å². The van der Waals surface area contributed by atoms with Crippen LogP contribution in [0.3, 0.4) is 0 Å². The van der Waals surface area contributed by atoms with Crippen LogP contribution in [0.25, 0.3) is 0 Å². The van der Waals surface area contributed by atoms with Gasteiger partial charge in [-0.15, -0.1) is 0 Å². The third-order valence-corrected chi connectivity index (χ3v) is 3.43. The second-order valence-electron chi connectivity index (χ2n) is 4.33. The Morgan fingerprint density at radius 2 is 1.83 bits per heavy atom. The van der Waals surface area contributed by atoms with Crippen LogP contribution in [0.4, 0.5) is 13.2 Å². The molecule has 0 aromatic carbocycles. The van der Waals surface area contributed by atoms with Crippen molar-refractivity contribution >= 4 is 11.8 Å². The summed E-state index contributed by atoms with van der Waals surface area (Å²) in [7, 11) is 0. The van der Waals surface area contributed by atoms with E-state index in [-0.39, 0.29) is 12.5 Å². The smallest absolute Gasteiger partial charge is 0.345 e. The first-order valence-corrected chi connectivity index (χ1v) is 5.92. The molecule has 0 atom stereocenters. The van der Waals surface area contributed by atoms with Crippen LogP contribution in [0.1, 0.15) is 33.1 Å². The largest absolute Gasteiger partial charge is 0.390 e. The van der Waals surface area contributed by atoms with Crippen molar-refractivity contribution in [3.05, 3.63) is 0 Å². The summed E-state index contributed by atoms with van der Waals surface area (Å²) in [4.78, 5) is 24.7. The van der Waals surface area contributed by atoms with Crippen LogP contribution in [0.5, 0.6) is 0 Å². The molecule has 0 bridgehead atoms. The standard InChI is InChI=1S/C11H17F3N2O2/c1-3-10(4-2)9(18)15-7-8(17)16(10)6-5-11(12,13)14/h3-7H2,1-2H3,(H,15,18). The Bertz CT molecular complexity index is 338. The van der Waals surface area contributed by atoms with E-state index in [0.717, 1.165) is 4.90 Å². The Kier molecular flexibility index (Phi) is 4.24. The fourth-order valence-corrected chi connectivity index (χ4v) is 2.31. The van der Waals surface area contributed by atoms with Gasteiger partial charge in [0.15, 0.2) is 0 Å². The molecule has 0 aliphatic carbocycles. The number of halogens is 3. The van der Waals surface area contributed by atoms with Crippen LogP contribution in [0, 0.1) is 0 Å². The number of hydrogen-bond donors (Lipinski definition) is 1. The van der Waals surface area contributed by atoms with Gasteiger partial charge in [-0.2, -0.15) is 13.2 Å². The average Bonchev–Trinajstić information content (AvgIpc) is 2.29. The topological polar surface area (TPSA) is 49.4 Å². The Hall–Kier alpha value is -1.27. The molecular weight excluding hydrogens is 249 g/mol. The van der Waals surface area contributed by atoms with Crippen molar-refractivity contribution in [2.75, 3.05) is 13.1 Å². The predicted octanol–water partition coefficient (Wildman–Crippen LogP) is 1.46. The summed E-state index contributed by atoms with van der Waals surface area (Å²) in [5.74, 6) is -0.822. The van der Waals surface area contributed by atoms with Gasteiger partial charge in [0.1, 0.15) is 5.54 Å². The summed E-state index contributed by atoms with van der Waals surface area (Å²) in [6.07, 6.45) is -4.81. The molecule has 0 spiro atoms. The van der Waals surface area contributed by atoms with Crippen molar-refractivity contribution in [2.24, 2.45) is 0 Å². The molecule has 4 nitrogen and oxygen atoms in total. The monoisotopic (exact) mass is 266 g/mol. The van der Waals surface area contributed by atoms with Gasteiger partial charge in [-0.3, -0.25) is 9.59 Å². The minimum Gasteiger partial charge on any atom is -0.345 e. The van der Waals surface area contributed by atoms with E-state index in [4.69, 9.17) is 0 Å². The number of rotatable bonds is 4. The van der Waals surface area contributed by atoms with Crippen molar-refractivity contribution in [1.82, 2.24) is 10.2 Å². The summed E-state index contributed by atoms with van der Waals surface area (Å²) in [5.41, 5.74) is -1.14. The second-order valence-corrected chi connectivity index (χ2v) is 4.33. The summed E-state index contributed by atoms with van der Waals surface area (Å²) in [5, 5.41) is 2.44. The Morgan fingerprint density at radius 1 is 1.28 bits per heavy atom. The number of nitrogens with one attached hydrogen (secondary N) is 1. The molecule has 1 aliphatic rings. The highest BCUT2D eigenvalue weighted by Crippen LogP contribution is 2.29. The Labute approximate surface area is 104 Å². The number of piperazine rings is 1. The molecule has 1 N–H and O–H groups in total. The van der Waals surface area contributed by atoms with Gasteiger partial charge in [-0.25, -0.2) is 0 Å². The van der Waals surface area contributed by atoms with E-state index in [0.29, 0.717) is 12.8 Å². The van der Waals surface area contributed by atoms with Crippen LogP contribution >= 0.6 is 0 Å². The lowest BCUT2D eigenvalue weighted by atomic mass is 9.87. The third kappa shape index (κ3) is 2.76. The molecule has 18 heavy (non-hydrogen) atoms. The van der Waals surface area contributed by atoms with E-state index in [1.165, 1.54) is 0 Å². The first-order valence-electron chi connectivity index (χ1n) is 5.92. The van der Waals surface area contributed by atoms with Gasteiger partial charge in [0.05, 0.1) is 13.0 Å². The maximum Gasteiger partial charge on any atom is 0.390 e. The van der Waals surface area contributed by atoms with Crippen molar-refractivity contribution in [3.63, 3.8) is 0 Å². The molecule has 2 amide bonds. The lowest BCUT2D eigenvalue weighted by Gasteiger charge is -2.45. The molecule has 1 fully saturated rings. The van der Waals surface area contributed by atoms with E-state index >= 15 is 0 Å². The van der Waals surface area contributed by atoms with Crippen molar-refractivity contribution in [1.29, 1.82) is 0 Å². The van der Waals surface area contributed by atoms with E-state index in [1.54, 1.807) is 13.8 Å². The third-order valence-electron chi connectivity index (χ3n) is 3.43. The quantitative estimate of drug-likeness (QED) is 0.837. The Balaban J connectivity index is 2.93.